The summed E-state index contributed by atoms with van der Waals surface area (Å²) in [5.74, 6) is -0.170. The van der Waals surface area contributed by atoms with E-state index < -0.39 is 0 Å². The van der Waals surface area contributed by atoms with E-state index in [0.29, 0.717) is 22.7 Å². The molecule has 1 aliphatic heterocycles. The van der Waals surface area contributed by atoms with Crippen LogP contribution in [0.15, 0.2) is 36.5 Å². The van der Waals surface area contributed by atoms with Gasteiger partial charge in [0.15, 0.2) is 17.5 Å². The van der Waals surface area contributed by atoms with Crippen molar-refractivity contribution in [3.05, 3.63) is 47.2 Å². The van der Waals surface area contributed by atoms with Crippen molar-refractivity contribution < 1.29 is 19.1 Å². The molecule has 1 aromatic carbocycles. The third-order valence-electron chi connectivity index (χ3n) is 3.98. The number of anilines is 2. The van der Waals surface area contributed by atoms with Crippen molar-refractivity contribution >= 4 is 40.6 Å². The third kappa shape index (κ3) is 3.83. The van der Waals surface area contributed by atoms with Gasteiger partial charge in [-0.25, -0.2) is 4.98 Å². The fourth-order valence-corrected chi connectivity index (χ4v) is 2.68. The number of hydrogen-bond donors (Lipinski definition) is 1. The number of hydrogen-bond acceptors (Lipinski definition) is 5. The molecule has 2 heterocycles. The number of aromatic nitrogens is 1. The zero-order valence-electron chi connectivity index (χ0n) is 14.0. The zero-order valence-corrected chi connectivity index (χ0v) is 14.7. The molecule has 134 valence electrons. The van der Waals surface area contributed by atoms with Crippen molar-refractivity contribution in [2.24, 2.45) is 0 Å². The Morgan fingerprint density at radius 3 is 2.88 bits per heavy atom. The maximum atomic E-state index is 12.4. The van der Waals surface area contributed by atoms with Crippen LogP contribution >= 0.6 is 11.6 Å². The molecule has 1 N–H and O–H groups in total. The lowest BCUT2D eigenvalue weighted by Crippen LogP contribution is -2.35. The van der Waals surface area contributed by atoms with E-state index >= 15 is 0 Å². The Balaban J connectivity index is 1.63. The Labute approximate surface area is 154 Å². The fraction of sp³-hybridized carbons (Fsp3) is 0.222. The number of benzene rings is 1. The van der Waals surface area contributed by atoms with Crippen molar-refractivity contribution in [1.29, 1.82) is 0 Å². The molecule has 2 aromatic rings. The molecule has 7 nitrogen and oxygen atoms in total. The predicted molar refractivity (Wildman–Crippen MR) is 96.8 cm³/mol. The van der Waals surface area contributed by atoms with E-state index in [0.717, 1.165) is 0 Å². The third-order valence-corrected chi connectivity index (χ3v) is 4.28. The summed E-state index contributed by atoms with van der Waals surface area (Å²) < 4.78 is 5.33. The topological polar surface area (TPSA) is 88.6 Å². The van der Waals surface area contributed by atoms with Gasteiger partial charge in [-0.3, -0.25) is 14.4 Å². The highest BCUT2D eigenvalue weighted by atomic mass is 35.5. The molecule has 0 bridgehead atoms. The van der Waals surface area contributed by atoms with E-state index in [1.807, 2.05) is 0 Å². The summed E-state index contributed by atoms with van der Waals surface area (Å²) in [5.41, 5.74) is 1.36. The molecule has 26 heavy (non-hydrogen) atoms. The maximum absolute atomic E-state index is 12.4. The van der Waals surface area contributed by atoms with Crippen LogP contribution in [0.5, 0.6) is 5.75 Å². The minimum atomic E-state index is -0.332. The number of halogens is 1. The Hall–Kier alpha value is -2.93. The van der Waals surface area contributed by atoms with Crippen LogP contribution in [0.25, 0.3) is 0 Å². The molecule has 0 spiro atoms. The van der Waals surface area contributed by atoms with Crippen molar-refractivity contribution in [3.8, 4) is 5.75 Å². The van der Waals surface area contributed by atoms with Gasteiger partial charge >= 0.3 is 0 Å². The first-order valence-corrected chi connectivity index (χ1v) is 8.30. The number of ketones is 1. The fourth-order valence-electron chi connectivity index (χ4n) is 2.51. The van der Waals surface area contributed by atoms with Crippen LogP contribution in [0.2, 0.25) is 5.15 Å². The molecule has 0 radical (unpaired) electrons. The van der Waals surface area contributed by atoms with Crippen molar-refractivity contribution in [2.75, 3.05) is 23.9 Å². The molecule has 8 heteroatoms. The maximum Gasteiger partial charge on any atom is 0.264 e. The van der Waals surface area contributed by atoms with Crippen LogP contribution in [-0.4, -0.2) is 36.2 Å². The second-order valence-corrected chi connectivity index (χ2v) is 6.10. The number of likely N-dealkylation sites (N-methyl/N-ethyl adjacent to an activating group) is 1. The van der Waals surface area contributed by atoms with Crippen molar-refractivity contribution in [2.45, 2.75) is 12.8 Å². The highest BCUT2D eigenvalue weighted by molar-refractivity contribution is 6.32. The van der Waals surface area contributed by atoms with Gasteiger partial charge in [0.25, 0.3) is 5.91 Å². The Kier molecular flexibility index (Phi) is 5.18. The minimum absolute atomic E-state index is 0.00636. The largest absolute Gasteiger partial charge is 0.482 e. The van der Waals surface area contributed by atoms with Gasteiger partial charge in [0, 0.05) is 31.6 Å². The Bertz CT molecular complexity index is 884. The Morgan fingerprint density at radius 1 is 1.31 bits per heavy atom. The molecule has 0 saturated heterocycles. The van der Waals surface area contributed by atoms with Gasteiger partial charge in [-0.05, 0) is 30.3 Å². The lowest BCUT2D eigenvalue weighted by atomic mass is 10.0. The molecule has 1 aromatic heterocycles. The molecule has 2 amide bonds. The van der Waals surface area contributed by atoms with Crippen molar-refractivity contribution in [3.63, 3.8) is 0 Å². The van der Waals surface area contributed by atoms with Crippen molar-refractivity contribution in [1.82, 2.24) is 4.98 Å². The van der Waals surface area contributed by atoms with Gasteiger partial charge < -0.3 is 15.0 Å². The average molecular weight is 374 g/mol. The van der Waals surface area contributed by atoms with E-state index in [-0.39, 0.29) is 42.2 Å². The van der Waals surface area contributed by atoms with Crippen LogP contribution in [0, 0.1) is 0 Å². The number of ether oxygens (including phenoxy) is 1. The molecule has 0 saturated carbocycles. The summed E-state index contributed by atoms with van der Waals surface area (Å²) in [6.45, 7) is -0.0200. The van der Waals surface area contributed by atoms with E-state index in [1.54, 1.807) is 37.4 Å². The first-order valence-electron chi connectivity index (χ1n) is 7.92. The van der Waals surface area contributed by atoms with Gasteiger partial charge in [-0.15, -0.1) is 0 Å². The summed E-state index contributed by atoms with van der Waals surface area (Å²) in [5, 5.41) is 2.81. The number of pyridine rings is 1. The second-order valence-electron chi connectivity index (χ2n) is 5.74. The van der Waals surface area contributed by atoms with Crippen LogP contribution in [0.1, 0.15) is 23.2 Å². The second kappa shape index (κ2) is 7.53. The van der Waals surface area contributed by atoms with Gasteiger partial charge in [-0.1, -0.05) is 11.6 Å². The highest BCUT2D eigenvalue weighted by Gasteiger charge is 2.23. The highest BCUT2D eigenvalue weighted by Crippen LogP contribution is 2.32. The summed E-state index contributed by atoms with van der Waals surface area (Å²) in [6, 6.07) is 8.16. The van der Waals surface area contributed by atoms with Gasteiger partial charge in [0.2, 0.25) is 5.91 Å². The summed E-state index contributed by atoms with van der Waals surface area (Å²) in [4.78, 5) is 41.4. The number of nitrogens with one attached hydrogen (secondary N) is 1. The van der Waals surface area contributed by atoms with Gasteiger partial charge in [-0.2, -0.15) is 0 Å². The number of carbonyl (C=O) groups is 3. The molecular formula is C18H16ClN3O4. The monoisotopic (exact) mass is 373 g/mol. The summed E-state index contributed by atoms with van der Waals surface area (Å²) >= 11 is 5.88. The molecule has 1 aliphatic rings. The SMILES string of the molecule is CN1C(=O)COc2ccc(C(=O)CCC(=O)Nc3cccnc3Cl)cc21. The zero-order chi connectivity index (χ0) is 18.7. The number of fused-ring (bicyclic) bond motifs is 1. The summed E-state index contributed by atoms with van der Waals surface area (Å²) in [6.07, 6.45) is 1.55. The quantitative estimate of drug-likeness (QED) is 0.643. The van der Waals surface area contributed by atoms with Crippen LogP contribution < -0.4 is 15.0 Å². The standard InChI is InChI=1S/C18H16ClN3O4/c1-22-13-9-11(4-6-15(13)26-10-17(22)25)14(23)5-7-16(24)21-12-3-2-8-20-18(12)19/h2-4,6,8-9H,5,7,10H2,1H3,(H,21,24). The summed E-state index contributed by atoms with van der Waals surface area (Å²) in [7, 11) is 1.63. The number of Topliss-reactive ketones (excluding diaryl/α,β-unsaturated/α-hetero) is 1. The predicted octanol–water partition coefficient (Wildman–Crippen LogP) is 2.69. The molecule has 0 aliphatic carbocycles. The first kappa shape index (κ1) is 17.9. The number of amides is 2. The van der Waals surface area contributed by atoms with E-state index in [1.165, 1.54) is 11.1 Å². The normalized spacial score (nSPS) is 13.0. The van der Waals surface area contributed by atoms with Crippen LogP contribution in [-0.2, 0) is 9.59 Å². The molecule has 0 atom stereocenters. The minimum Gasteiger partial charge on any atom is -0.482 e. The van der Waals surface area contributed by atoms with Crippen LogP contribution in [0.3, 0.4) is 0 Å². The average Bonchev–Trinajstić information content (AvgIpc) is 2.64. The number of carbonyl (C=O) groups excluding carboxylic acids is 3. The van der Waals surface area contributed by atoms with Crippen LogP contribution in [0.4, 0.5) is 11.4 Å². The lowest BCUT2D eigenvalue weighted by Gasteiger charge is -2.26. The smallest absolute Gasteiger partial charge is 0.264 e. The Morgan fingerprint density at radius 2 is 2.12 bits per heavy atom. The number of nitrogens with zero attached hydrogens (tertiary/aromatic N) is 2. The van der Waals surface area contributed by atoms with E-state index in [4.69, 9.17) is 16.3 Å². The molecule has 0 fully saturated rings. The van der Waals surface area contributed by atoms with E-state index in [9.17, 15) is 14.4 Å². The number of rotatable bonds is 5. The first-order chi connectivity index (χ1) is 12.5. The lowest BCUT2D eigenvalue weighted by molar-refractivity contribution is -0.121. The molecule has 0 unspecified atom stereocenters. The van der Waals surface area contributed by atoms with E-state index in [2.05, 4.69) is 10.3 Å². The van der Waals surface area contributed by atoms with Gasteiger partial charge in [0.1, 0.15) is 5.75 Å². The molecule has 3 rings (SSSR count). The molecular weight excluding hydrogens is 358 g/mol. The van der Waals surface area contributed by atoms with Gasteiger partial charge in [0.05, 0.1) is 11.4 Å².